The quantitative estimate of drug-likeness (QED) is 0.134. The second-order valence-electron chi connectivity index (χ2n) is 9.24. The van der Waals surface area contributed by atoms with E-state index >= 15 is 0 Å². The van der Waals surface area contributed by atoms with Crippen LogP contribution in [-0.4, -0.2) is 124 Å². The number of hydrogen-bond donors (Lipinski definition) is 0. The number of quaternary nitrogens is 1. The third-order valence-corrected chi connectivity index (χ3v) is 7.22. The maximum Gasteiger partial charge on any atom is 0.333 e. The van der Waals surface area contributed by atoms with E-state index in [9.17, 15) is 26.4 Å². The minimum absolute atomic E-state index is 0.00324. The Morgan fingerprint density at radius 1 is 1.00 bits per heavy atom. The number of rotatable bonds is 13. The Labute approximate surface area is 223 Å². The van der Waals surface area contributed by atoms with Crippen molar-refractivity contribution < 1.29 is 48.7 Å². The van der Waals surface area contributed by atoms with Crippen LogP contribution in [0.1, 0.15) is 26.7 Å². The predicted molar refractivity (Wildman–Crippen MR) is 142 cm³/mol. The van der Waals surface area contributed by atoms with E-state index in [0.717, 1.165) is 13.7 Å². The molecule has 0 aromatic heterocycles. The summed E-state index contributed by atoms with van der Waals surface area (Å²) in [6, 6.07) is 0. The SMILES string of the molecule is C=C(C)C(=O)OCCN(C)C.C=C(C)C(=O)OCC[N+](C)(C)CCCS(=O)(=O)OC.O=S1(=O)CCCO1. The third kappa shape index (κ3) is 23.0. The minimum Gasteiger partial charge on any atom is -0.461 e. The van der Waals surface area contributed by atoms with Gasteiger partial charge >= 0.3 is 11.9 Å². The van der Waals surface area contributed by atoms with Crippen LogP contribution < -0.4 is 0 Å². The van der Waals surface area contributed by atoms with Crippen LogP contribution in [0, 0.1) is 0 Å². The summed E-state index contributed by atoms with van der Waals surface area (Å²) in [5.41, 5.74) is 0.820. The summed E-state index contributed by atoms with van der Waals surface area (Å²) in [5.74, 6) is -0.516. The fraction of sp³-hybridized carbons (Fsp3) is 0.739. The van der Waals surface area contributed by atoms with Crippen LogP contribution in [0.4, 0.5) is 0 Å². The summed E-state index contributed by atoms with van der Waals surface area (Å²) in [5, 5.41) is 0. The second kappa shape index (κ2) is 18.4. The topological polar surface area (TPSA) is 143 Å². The Morgan fingerprint density at radius 3 is 1.86 bits per heavy atom. The lowest BCUT2D eigenvalue weighted by atomic mass is 10.3. The number of ether oxygens (including phenoxy) is 2. The molecule has 0 atom stereocenters. The molecule has 0 bridgehead atoms. The van der Waals surface area contributed by atoms with Crippen molar-refractivity contribution in [1.29, 1.82) is 0 Å². The van der Waals surface area contributed by atoms with Gasteiger partial charge in [-0.15, -0.1) is 0 Å². The predicted octanol–water partition coefficient (Wildman–Crippen LogP) is 0.952. The molecule has 12 nitrogen and oxygen atoms in total. The van der Waals surface area contributed by atoms with E-state index in [1.54, 1.807) is 13.8 Å². The highest BCUT2D eigenvalue weighted by Crippen LogP contribution is 2.05. The lowest BCUT2D eigenvalue weighted by molar-refractivity contribution is -0.890. The summed E-state index contributed by atoms with van der Waals surface area (Å²) in [6.45, 7) is 13.3. The molecule has 1 aliphatic rings. The zero-order chi connectivity index (χ0) is 29.3. The number of carbonyl (C=O) groups excluding carboxylic acids is 2. The van der Waals surface area contributed by atoms with Gasteiger partial charge in [0.1, 0.15) is 19.8 Å². The van der Waals surface area contributed by atoms with E-state index in [4.69, 9.17) is 9.47 Å². The van der Waals surface area contributed by atoms with Crippen LogP contribution >= 0.6 is 0 Å². The van der Waals surface area contributed by atoms with E-state index < -0.39 is 26.2 Å². The Morgan fingerprint density at radius 2 is 1.51 bits per heavy atom. The first kappa shape index (κ1) is 37.3. The highest BCUT2D eigenvalue weighted by atomic mass is 32.2. The lowest BCUT2D eigenvalue weighted by Gasteiger charge is -2.29. The lowest BCUT2D eigenvalue weighted by Crippen LogP contribution is -2.43. The summed E-state index contributed by atoms with van der Waals surface area (Å²) < 4.78 is 61.8. The van der Waals surface area contributed by atoms with E-state index in [1.165, 1.54) is 0 Å². The Bertz CT molecular complexity index is 931. The number of hydrogen-bond acceptors (Lipinski definition) is 11. The van der Waals surface area contributed by atoms with Crippen LogP contribution in [0.25, 0.3) is 0 Å². The average molecular weight is 574 g/mol. The van der Waals surface area contributed by atoms with Gasteiger partial charge in [-0.1, -0.05) is 13.2 Å². The Kier molecular flexibility index (Phi) is 18.6. The van der Waals surface area contributed by atoms with Gasteiger partial charge in [0.25, 0.3) is 20.2 Å². The van der Waals surface area contributed by atoms with E-state index in [0.29, 0.717) is 54.8 Å². The fourth-order valence-electron chi connectivity index (χ4n) is 2.30. The monoisotopic (exact) mass is 573 g/mol. The smallest absolute Gasteiger partial charge is 0.333 e. The van der Waals surface area contributed by atoms with E-state index in [1.807, 2.05) is 33.1 Å². The summed E-state index contributed by atoms with van der Waals surface area (Å²) in [7, 11) is 2.47. The zero-order valence-electron chi connectivity index (χ0n) is 23.3. The molecular weight excluding hydrogens is 528 g/mol. The molecule has 0 unspecified atom stereocenters. The van der Waals surface area contributed by atoms with Crippen molar-refractivity contribution in [3.63, 3.8) is 0 Å². The van der Waals surface area contributed by atoms with Crippen molar-refractivity contribution in [1.82, 2.24) is 4.90 Å². The highest BCUT2D eigenvalue weighted by molar-refractivity contribution is 7.87. The number of esters is 2. The molecule has 0 radical (unpaired) electrons. The molecule has 0 amide bonds. The summed E-state index contributed by atoms with van der Waals surface area (Å²) >= 11 is 0. The third-order valence-electron chi connectivity index (χ3n) is 4.61. The van der Waals surface area contributed by atoms with Gasteiger partial charge in [0.05, 0.1) is 45.9 Å². The number of nitrogens with zero attached hydrogens (tertiary/aromatic N) is 2. The van der Waals surface area contributed by atoms with Crippen molar-refractivity contribution >= 4 is 32.2 Å². The molecule has 218 valence electrons. The Balaban J connectivity index is 0. The van der Waals surface area contributed by atoms with Gasteiger partial charge in [0.15, 0.2) is 0 Å². The second-order valence-corrected chi connectivity index (χ2v) is 12.9. The Hall–Kier alpha value is -1.84. The van der Waals surface area contributed by atoms with Crippen molar-refractivity contribution in [3.8, 4) is 0 Å². The van der Waals surface area contributed by atoms with Gasteiger partial charge < -0.3 is 18.9 Å². The van der Waals surface area contributed by atoms with Crippen LogP contribution in [0.5, 0.6) is 0 Å². The van der Waals surface area contributed by atoms with Gasteiger partial charge in [0.2, 0.25) is 0 Å². The van der Waals surface area contributed by atoms with E-state index in [-0.39, 0.29) is 24.1 Å². The minimum atomic E-state index is -3.39. The van der Waals surface area contributed by atoms with Gasteiger partial charge in [-0.2, -0.15) is 16.8 Å². The summed E-state index contributed by atoms with van der Waals surface area (Å²) in [6.07, 6.45) is 1.15. The van der Waals surface area contributed by atoms with Crippen LogP contribution in [-0.2, 0) is 47.7 Å². The van der Waals surface area contributed by atoms with Gasteiger partial charge in [0, 0.05) is 24.1 Å². The molecular formula is C23H45N2O10S2+. The molecule has 14 heteroatoms. The molecule has 1 aliphatic heterocycles. The zero-order valence-corrected chi connectivity index (χ0v) is 24.9. The molecule has 0 N–H and O–H groups in total. The van der Waals surface area contributed by atoms with Crippen molar-refractivity contribution in [3.05, 3.63) is 24.3 Å². The van der Waals surface area contributed by atoms with E-state index in [2.05, 4.69) is 21.5 Å². The molecule has 1 saturated heterocycles. The van der Waals surface area contributed by atoms with Gasteiger partial charge in [-0.3, -0.25) is 8.37 Å². The molecule has 1 fully saturated rings. The first-order valence-electron chi connectivity index (χ1n) is 11.6. The molecule has 1 rings (SSSR count). The van der Waals surface area contributed by atoms with Crippen molar-refractivity contribution in [2.24, 2.45) is 0 Å². The standard InChI is InChI=1S/C12H24NO5S.C8H15NO2.C3H6O3S/c1-11(2)12(14)18-9-8-13(3,4)7-6-10-19(15,16)17-5;1-7(2)8(10)11-6-5-9(3)4;4-7(5)3-1-2-6-7/h1,6-10H2,2-5H3;1,5-6H2,2-4H3;1-3H2/q+1;;. The van der Waals surface area contributed by atoms with Gasteiger partial charge in [-0.05, 0) is 34.4 Å². The van der Waals surface area contributed by atoms with Gasteiger partial charge in [-0.25, -0.2) is 9.59 Å². The first-order chi connectivity index (χ1) is 16.8. The molecule has 0 aromatic rings. The van der Waals surface area contributed by atoms with Crippen LogP contribution in [0.15, 0.2) is 24.3 Å². The fourth-order valence-corrected chi connectivity index (χ4v) is 3.91. The maximum absolute atomic E-state index is 11.2. The van der Waals surface area contributed by atoms with Crippen molar-refractivity contribution in [2.75, 3.05) is 86.3 Å². The highest BCUT2D eigenvalue weighted by Gasteiger charge is 2.18. The summed E-state index contributed by atoms with van der Waals surface area (Å²) in [4.78, 5) is 23.9. The average Bonchev–Trinajstić information content (AvgIpc) is 3.17. The molecule has 0 aromatic carbocycles. The normalized spacial score (nSPS) is 14.5. The van der Waals surface area contributed by atoms with Crippen molar-refractivity contribution in [2.45, 2.75) is 26.7 Å². The molecule has 0 spiro atoms. The first-order valence-corrected chi connectivity index (χ1v) is 14.8. The largest absolute Gasteiger partial charge is 0.461 e. The number of likely N-dealkylation sites (N-methyl/N-ethyl adjacent to an activating group) is 2. The molecule has 1 heterocycles. The molecule has 37 heavy (non-hydrogen) atoms. The molecule has 0 saturated carbocycles. The number of carbonyl (C=O) groups is 2. The van der Waals surface area contributed by atoms with Crippen LogP contribution in [0.3, 0.4) is 0 Å². The maximum atomic E-state index is 11.2. The van der Waals surface area contributed by atoms with Crippen LogP contribution in [0.2, 0.25) is 0 Å². The molecule has 0 aliphatic carbocycles.